The highest BCUT2D eigenvalue weighted by Crippen LogP contribution is 2.25. The summed E-state index contributed by atoms with van der Waals surface area (Å²) in [6.07, 6.45) is 5.30. The van der Waals surface area contributed by atoms with E-state index in [1.54, 1.807) is 39.1 Å². The summed E-state index contributed by atoms with van der Waals surface area (Å²) in [5.74, 6) is -2.02. The van der Waals surface area contributed by atoms with Crippen molar-refractivity contribution in [2.75, 3.05) is 13.1 Å². The van der Waals surface area contributed by atoms with Crippen molar-refractivity contribution in [3.63, 3.8) is 0 Å². The second-order valence-electron chi connectivity index (χ2n) is 10.9. The molecule has 4 atom stereocenters. The van der Waals surface area contributed by atoms with Gasteiger partial charge in [-0.25, -0.2) is 0 Å². The smallest absolute Gasteiger partial charge is 0.323 e. The molecule has 2 aromatic rings. The number of cyclic esters (lactones) is 1. The van der Waals surface area contributed by atoms with Crippen molar-refractivity contribution in [3.05, 3.63) is 58.2 Å². The molecule has 5 N–H and O–H groups in total. The molecule has 42 heavy (non-hydrogen) atoms. The van der Waals surface area contributed by atoms with Gasteiger partial charge in [0.25, 0.3) is 0 Å². The molecule has 13 heteroatoms. The minimum absolute atomic E-state index is 0.0317. The van der Waals surface area contributed by atoms with Crippen molar-refractivity contribution in [2.24, 2.45) is 16.3 Å². The SMILES string of the molecule is C[C@@H]1NC(=O)[C@H](CCN=[N+]=[N-])NC(=O)C(C)(C)/C=C/c2cc3cc(ccc3cn2)[C@@H](C)OC(=O)[C@@H](N)CCCNC1=O. The summed E-state index contributed by atoms with van der Waals surface area (Å²) in [5, 5.41) is 13.3. The molecule has 224 valence electrons. The van der Waals surface area contributed by atoms with Crippen molar-refractivity contribution in [2.45, 2.75) is 71.2 Å². The molecular weight excluding hydrogens is 540 g/mol. The number of esters is 1. The fourth-order valence-electron chi connectivity index (χ4n) is 4.25. The Morgan fingerprint density at radius 3 is 2.62 bits per heavy atom. The first-order valence-electron chi connectivity index (χ1n) is 13.9. The Kier molecular flexibility index (Phi) is 11.0. The monoisotopic (exact) mass is 578 g/mol. The third kappa shape index (κ3) is 8.76. The lowest BCUT2D eigenvalue weighted by Crippen LogP contribution is -2.54. The van der Waals surface area contributed by atoms with Crippen LogP contribution in [0.15, 0.2) is 41.7 Å². The van der Waals surface area contributed by atoms with Gasteiger partial charge in [-0.2, -0.15) is 0 Å². The van der Waals surface area contributed by atoms with Gasteiger partial charge in [0.1, 0.15) is 24.2 Å². The standard InChI is InChI=1S/C29H38N8O5/c1-17-25(38)32-12-5-6-23(30)27(40)42-18(2)19-7-8-20-16-33-22(15-21(20)14-19)9-11-29(3,4)28(41)36-24(26(39)35-17)10-13-34-37-31/h7-9,11,14-18,23-24H,5-6,10,12-13,30H2,1-4H3,(H,32,38)(H,35,39)(H,36,41)/b11-9+/t17-,18+,23-,24-/m0/s1. The molecule has 2 heterocycles. The number of nitrogens with two attached hydrogens (primary N) is 1. The molecule has 13 nitrogen and oxygen atoms in total. The number of hydrogen-bond donors (Lipinski definition) is 4. The maximum Gasteiger partial charge on any atom is 0.323 e. The number of benzene rings is 1. The lowest BCUT2D eigenvalue weighted by molar-refractivity contribution is -0.150. The highest BCUT2D eigenvalue weighted by atomic mass is 16.5. The van der Waals surface area contributed by atoms with Crippen LogP contribution in [0.25, 0.3) is 27.3 Å². The van der Waals surface area contributed by atoms with Gasteiger partial charge in [0, 0.05) is 29.6 Å². The summed E-state index contributed by atoms with van der Waals surface area (Å²) in [6.45, 7) is 6.87. The molecule has 1 aromatic heterocycles. The second kappa shape index (κ2) is 14.4. The van der Waals surface area contributed by atoms with Crippen LogP contribution in [0.5, 0.6) is 0 Å². The van der Waals surface area contributed by atoms with E-state index in [1.807, 2.05) is 24.3 Å². The molecule has 0 spiro atoms. The number of hydrogen-bond acceptors (Lipinski definition) is 8. The zero-order valence-electron chi connectivity index (χ0n) is 24.3. The van der Waals surface area contributed by atoms with E-state index in [2.05, 4.69) is 31.0 Å². The molecule has 3 amide bonds. The van der Waals surface area contributed by atoms with Crippen molar-refractivity contribution < 1.29 is 23.9 Å². The van der Waals surface area contributed by atoms with E-state index < -0.39 is 53.3 Å². The van der Waals surface area contributed by atoms with Gasteiger partial charge in [-0.3, -0.25) is 24.2 Å². The van der Waals surface area contributed by atoms with Crippen molar-refractivity contribution in [3.8, 4) is 0 Å². The zero-order chi connectivity index (χ0) is 30.9. The Bertz CT molecular complexity index is 1400. The van der Waals surface area contributed by atoms with Crippen LogP contribution >= 0.6 is 0 Å². The van der Waals surface area contributed by atoms with E-state index in [1.165, 1.54) is 6.92 Å². The number of ether oxygens (including phenoxy) is 1. The average Bonchev–Trinajstić information content (AvgIpc) is 2.96. The van der Waals surface area contributed by atoms with Gasteiger partial charge in [0.2, 0.25) is 17.7 Å². The van der Waals surface area contributed by atoms with E-state index >= 15 is 0 Å². The Morgan fingerprint density at radius 2 is 1.88 bits per heavy atom. The predicted octanol–water partition coefficient (Wildman–Crippen LogP) is 2.81. The summed E-state index contributed by atoms with van der Waals surface area (Å²) >= 11 is 0. The normalized spacial score (nSPS) is 25.1. The predicted molar refractivity (Wildman–Crippen MR) is 157 cm³/mol. The van der Waals surface area contributed by atoms with Gasteiger partial charge < -0.3 is 26.4 Å². The number of aromatic nitrogens is 1. The minimum atomic E-state index is -1.05. The van der Waals surface area contributed by atoms with Gasteiger partial charge in [-0.1, -0.05) is 23.3 Å². The molecule has 0 saturated carbocycles. The first kappa shape index (κ1) is 32.0. The van der Waals surface area contributed by atoms with Crippen molar-refractivity contribution in [1.82, 2.24) is 20.9 Å². The molecule has 0 saturated heterocycles. The van der Waals surface area contributed by atoms with Crippen LogP contribution < -0.4 is 21.7 Å². The molecule has 0 aliphatic carbocycles. The van der Waals surface area contributed by atoms with Crippen LogP contribution in [-0.2, 0) is 23.9 Å². The molecule has 3 bridgehead atoms. The maximum absolute atomic E-state index is 13.3. The van der Waals surface area contributed by atoms with E-state index in [0.29, 0.717) is 12.1 Å². The van der Waals surface area contributed by atoms with Crippen LogP contribution in [-0.4, -0.2) is 59.9 Å². The summed E-state index contributed by atoms with van der Waals surface area (Å²) in [5.41, 5.74) is 15.0. The fraction of sp³-hybridized carbons (Fsp3) is 0.483. The first-order chi connectivity index (χ1) is 19.9. The van der Waals surface area contributed by atoms with E-state index in [0.717, 1.165) is 16.3 Å². The quantitative estimate of drug-likeness (QED) is 0.185. The number of rotatable bonds is 3. The summed E-state index contributed by atoms with van der Waals surface area (Å²) in [7, 11) is 0. The summed E-state index contributed by atoms with van der Waals surface area (Å²) < 4.78 is 5.61. The third-order valence-corrected chi connectivity index (χ3v) is 7.03. The molecule has 0 radical (unpaired) electrons. The van der Waals surface area contributed by atoms with Gasteiger partial charge in [0.05, 0.1) is 11.1 Å². The highest BCUT2D eigenvalue weighted by molar-refractivity contribution is 5.93. The summed E-state index contributed by atoms with van der Waals surface area (Å²) in [4.78, 5) is 58.7. The van der Waals surface area contributed by atoms with Gasteiger partial charge >= 0.3 is 5.97 Å². The Hall–Kier alpha value is -4.48. The molecule has 1 aromatic carbocycles. The number of azide groups is 1. The van der Waals surface area contributed by atoms with Crippen molar-refractivity contribution in [1.29, 1.82) is 0 Å². The number of carbonyl (C=O) groups is 4. The Labute approximate surface area is 244 Å². The van der Waals surface area contributed by atoms with E-state index in [9.17, 15) is 19.2 Å². The van der Waals surface area contributed by atoms with Crippen LogP contribution in [0.1, 0.15) is 64.3 Å². The third-order valence-electron chi connectivity index (χ3n) is 7.03. The van der Waals surface area contributed by atoms with E-state index in [4.69, 9.17) is 16.0 Å². The molecule has 0 unspecified atom stereocenters. The van der Waals surface area contributed by atoms with Gasteiger partial charge in [-0.15, -0.1) is 0 Å². The molecule has 3 rings (SSSR count). The number of pyridine rings is 1. The average molecular weight is 579 g/mol. The lowest BCUT2D eigenvalue weighted by atomic mass is 9.90. The second-order valence-corrected chi connectivity index (χ2v) is 10.9. The lowest BCUT2D eigenvalue weighted by Gasteiger charge is -2.25. The Balaban J connectivity index is 1.93. The van der Waals surface area contributed by atoms with Gasteiger partial charge in [0.15, 0.2) is 0 Å². The van der Waals surface area contributed by atoms with E-state index in [-0.39, 0.29) is 25.9 Å². The highest BCUT2D eigenvalue weighted by Gasteiger charge is 2.30. The van der Waals surface area contributed by atoms with Crippen LogP contribution in [0, 0.1) is 5.41 Å². The molecule has 0 fully saturated rings. The zero-order valence-corrected chi connectivity index (χ0v) is 24.3. The number of carbonyl (C=O) groups excluding carboxylic acids is 4. The Morgan fingerprint density at radius 1 is 1.12 bits per heavy atom. The largest absolute Gasteiger partial charge is 0.457 e. The molecule has 1 aliphatic heterocycles. The number of nitrogens with one attached hydrogen (secondary N) is 3. The number of amides is 3. The first-order valence-corrected chi connectivity index (χ1v) is 13.9. The van der Waals surface area contributed by atoms with Crippen LogP contribution in [0.2, 0.25) is 0 Å². The fourth-order valence-corrected chi connectivity index (χ4v) is 4.25. The maximum atomic E-state index is 13.3. The molecule has 1 aliphatic rings. The summed E-state index contributed by atoms with van der Waals surface area (Å²) in [6, 6.07) is 4.70. The number of fused-ring (bicyclic) bond motifs is 2. The van der Waals surface area contributed by atoms with Gasteiger partial charge in [-0.05, 0) is 81.6 Å². The minimum Gasteiger partial charge on any atom is -0.457 e. The van der Waals surface area contributed by atoms with Crippen LogP contribution in [0.3, 0.4) is 0 Å². The van der Waals surface area contributed by atoms with Crippen LogP contribution in [0.4, 0.5) is 0 Å². The number of nitrogens with zero attached hydrogens (tertiary/aromatic N) is 4. The van der Waals surface area contributed by atoms with Crippen molar-refractivity contribution >= 4 is 40.5 Å². The topological polar surface area (TPSA) is 201 Å². The molecular formula is C29H38N8O5.